The summed E-state index contributed by atoms with van der Waals surface area (Å²) in [7, 11) is 0. The van der Waals surface area contributed by atoms with Gasteiger partial charge in [-0.25, -0.2) is 4.98 Å². The fourth-order valence-corrected chi connectivity index (χ4v) is 3.51. The molecule has 1 aromatic rings. The van der Waals surface area contributed by atoms with E-state index in [9.17, 15) is 0 Å². The van der Waals surface area contributed by atoms with E-state index in [2.05, 4.69) is 11.0 Å². The molecule has 1 heterocycles. The molecule has 0 amide bonds. The summed E-state index contributed by atoms with van der Waals surface area (Å²) in [5.41, 5.74) is 9.65. The molecule has 0 saturated heterocycles. The summed E-state index contributed by atoms with van der Waals surface area (Å²) >= 11 is 5.31. The zero-order valence-corrected chi connectivity index (χ0v) is 13.3. The van der Waals surface area contributed by atoms with Crippen molar-refractivity contribution in [1.29, 1.82) is 0 Å². The Hall–Kier alpha value is -1.16. The molecule has 1 aromatic heterocycles. The smallest absolute Gasteiger partial charge is 0.139 e. The lowest BCUT2D eigenvalue weighted by Gasteiger charge is -2.26. The van der Waals surface area contributed by atoms with Crippen LogP contribution in [0.1, 0.15) is 48.9 Å². The van der Waals surface area contributed by atoms with Crippen molar-refractivity contribution in [1.82, 2.24) is 4.98 Å². The molecule has 112 valence electrons. The lowest BCUT2D eigenvalue weighted by molar-refractivity contribution is 0.669. The maximum Gasteiger partial charge on any atom is 0.139 e. The van der Waals surface area contributed by atoms with Gasteiger partial charge < -0.3 is 10.6 Å². The summed E-state index contributed by atoms with van der Waals surface area (Å²) in [5, 5.41) is 0. The van der Waals surface area contributed by atoms with Crippen LogP contribution in [0.15, 0.2) is 6.07 Å². The Kier molecular flexibility index (Phi) is 3.37. The molecule has 4 rings (SSSR count). The molecule has 0 radical (unpaired) electrons. The van der Waals surface area contributed by atoms with Gasteiger partial charge in [0.1, 0.15) is 10.8 Å². The Morgan fingerprint density at radius 1 is 1.19 bits per heavy atom. The molecule has 0 spiro atoms. The monoisotopic (exact) mass is 301 g/mol. The van der Waals surface area contributed by atoms with Gasteiger partial charge in [0.15, 0.2) is 0 Å². The third kappa shape index (κ3) is 2.91. The van der Waals surface area contributed by atoms with Crippen LogP contribution in [-0.2, 0) is 12.8 Å². The minimum absolute atomic E-state index is 0.504. The quantitative estimate of drug-likeness (QED) is 0.821. The summed E-state index contributed by atoms with van der Waals surface area (Å²) in [6, 6.07) is 2.22. The molecule has 0 unspecified atom stereocenters. The molecular weight excluding hydrogens is 278 g/mol. The Bertz CT molecular complexity index is 562. The molecule has 3 aliphatic carbocycles. The van der Waals surface area contributed by atoms with E-state index in [4.69, 9.17) is 22.9 Å². The van der Waals surface area contributed by atoms with Crippen LogP contribution >= 0.6 is 12.2 Å². The van der Waals surface area contributed by atoms with Gasteiger partial charge in [-0.1, -0.05) is 12.2 Å². The highest BCUT2D eigenvalue weighted by Crippen LogP contribution is 2.37. The first-order chi connectivity index (χ1) is 10.2. The normalized spacial score (nSPS) is 20.4. The van der Waals surface area contributed by atoms with E-state index in [0.29, 0.717) is 4.99 Å². The van der Waals surface area contributed by atoms with Gasteiger partial charge in [0, 0.05) is 18.8 Å². The number of fused-ring (bicyclic) bond motifs is 1. The maximum absolute atomic E-state index is 6.00. The molecule has 3 aliphatic rings. The first-order valence-corrected chi connectivity index (χ1v) is 8.69. The highest BCUT2D eigenvalue weighted by atomic mass is 32.1. The number of thiocarbonyl (C=S) groups is 1. The number of anilines is 1. The fourth-order valence-electron chi connectivity index (χ4n) is 3.36. The molecule has 4 heteroatoms. The van der Waals surface area contributed by atoms with Crippen LogP contribution < -0.4 is 10.6 Å². The van der Waals surface area contributed by atoms with Gasteiger partial charge >= 0.3 is 0 Å². The van der Waals surface area contributed by atoms with Crippen molar-refractivity contribution in [2.24, 2.45) is 17.6 Å². The maximum atomic E-state index is 6.00. The van der Waals surface area contributed by atoms with E-state index in [1.54, 1.807) is 0 Å². The van der Waals surface area contributed by atoms with Gasteiger partial charge in [0.25, 0.3) is 0 Å². The number of aryl methyl sites for hydroxylation is 2. The highest BCUT2D eigenvalue weighted by molar-refractivity contribution is 7.80. The van der Waals surface area contributed by atoms with Crippen LogP contribution in [-0.4, -0.2) is 23.1 Å². The number of nitrogens with zero attached hydrogens (tertiary/aromatic N) is 2. The zero-order chi connectivity index (χ0) is 14.4. The first kappa shape index (κ1) is 13.5. The molecular formula is C17H23N3S. The number of nitrogens with two attached hydrogens (primary N) is 1. The molecule has 2 saturated carbocycles. The third-order valence-electron chi connectivity index (χ3n) is 4.95. The van der Waals surface area contributed by atoms with Gasteiger partial charge in [0.05, 0.1) is 5.56 Å². The van der Waals surface area contributed by atoms with Crippen molar-refractivity contribution < 1.29 is 0 Å². The molecule has 2 N–H and O–H groups in total. The van der Waals surface area contributed by atoms with Crippen molar-refractivity contribution in [3.63, 3.8) is 0 Å². The molecule has 0 atom stereocenters. The average Bonchev–Trinajstić information content (AvgIpc) is 3.38. The van der Waals surface area contributed by atoms with Crippen molar-refractivity contribution in [3.8, 4) is 0 Å². The van der Waals surface area contributed by atoms with E-state index in [1.807, 2.05) is 0 Å². The van der Waals surface area contributed by atoms with Gasteiger partial charge in [-0.05, 0) is 68.4 Å². The average molecular weight is 301 g/mol. The SMILES string of the molecule is NC(=S)c1cc2c(nc1N(CC1CC1)CC1CC1)CCC2. The Morgan fingerprint density at radius 3 is 2.43 bits per heavy atom. The topological polar surface area (TPSA) is 42.1 Å². The van der Waals surface area contributed by atoms with E-state index >= 15 is 0 Å². The summed E-state index contributed by atoms with van der Waals surface area (Å²) in [4.78, 5) is 7.99. The minimum Gasteiger partial charge on any atom is -0.389 e. The Morgan fingerprint density at radius 2 is 1.86 bits per heavy atom. The second kappa shape index (κ2) is 5.24. The van der Waals surface area contributed by atoms with Crippen LogP contribution in [0.25, 0.3) is 0 Å². The van der Waals surface area contributed by atoms with Gasteiger partial charge in [-0.2, -0.15) is 0 Å². The summed E-state index contributed by atoms with van der Waals surface area (Å²) in [6.07, 6.45) is 8.93. The van der Waals surface area contributed by atoms with Crippen molar-refractivity contribution >= 4 is 23.0 Å². The third-order valence-corrected chi connectivity index (χ3v) is 5.17. The van der Waals surface area contributed by atoms with Gasteiger partial charge in [-0.3, -0.25) is 0 Å². The van der Waals surface area contributed by atoms with Crippen LogP contribution in [0.4, 0.5) is 5.82 Å². The number of aromatic nitrogens is 1. The highest BCUT2D eigenvalue weighted by Gasteiger charge is 2.31. The van der Waals surface area contributed by atoms with Crippen molar-refractivity contribution in [2.75, 3.05) is 18.0 Å². The number of hydrogen-bond acceptors (Lipinski definition) is 3. The molecule has 21 heavy (non-hydrogen) atoms. The predicted molar refractivity (Wildman–Crippen MR) is 89.8 cm³/mol. The second-order valence-electron chi connectivity index (χ2n) is 6.97. The van der Waals surface area contributed by atoms with E-state index < -0.39 is 0 Å². The lowest BCUT2D eigenvalue weighted by Crippen LogP contribution is -2.31. The summed E-state index contributed by atoms with van der Waals surface area (Å²) in [5.74, 6) is 2.79. The van der Waals surface area contributed by atoms with Crippen LogP contribution in [0.2, 0.25) is 0 Å². The first-order valence-electron chi connectivity index (χ1n) is 8.28. The number of pyridine rings is 1. The number of rotatable bonds is 6. The summed E-state index contributed by atoms with van der Waals surface area (Å²) in [6.45, 7) is 2.27. The Labute approximate surface area is 131 Å². The lowest BCUT2D eigenvalue weighted by atomic mass is 10.1. The fraction of sp³-hybridized carbons (Fsp3) is 0.647. The van der Waals surface area contributed by atoms with Gasteiger partial charge in [-0.15, -0.1) is 0 Å². The van der Waals surface area contributed by atoms with E-state index in [-0.39, 0.29) is 0 Å². The van der Waals surface area contributed by atoms with Crippen LogP contribution in [0.5, 0.6) is 0 Å². The zero-order valence-electron chi connectivity index (χ0n) is 12.5. The molecule has 3 nitrogen and oxygen atoms in total. The van der Waals surface area contributed by atoms with Crippen molar-refractivity contribution in [2.45, 2.75) is 44.9 Å². The minimum atomic E-state index is 0.504. The number of hydrogen-bond donors (Lipinski definition) is 1. The molecule has 2 fully saturated rings. The van der Waals surface area contributed by atoms with Crippen LogP contribution in [0.3, 0.4) is 0 Å². The van der Waals surface area contributed by atoms with E-state index in [0.717, 1.165) is 49.1 Å². The summed E-state index contributed by atoms with van der Waals surface area (Å²) < 4.78 is 0. The van der Waals surface area contributed by atoms with Crippen molar-refractivity contribution in [3.05, 3.63) is 22.9 Å². The van der Waals surface area contributed by atoms with Gasteiger partial charge in [0.2, 0.25) is 0 Å². The molecule has 0 aromatic carbocycles. The van der Waals surface area contributed by atoms with E-state index in [1.165, 1.54) is 43.4 Å². The Balaban J connectivity index is 1.70. The molecule has 0 aliphatic heterocycles. The standard InChI is InChI=1S/C17H23N3S/c18-16(21)14-8-13-2-1-3-15(13)19-17(14)20(9-11-4-5-11)10-12-6-7-12/h8,11-12H,1-7,9-10H2,(H2,18,21). The second-order valence-corrected chi connectivity index (χ2v) is 7.41. The predicted octanol–water partition coefficient (Wildman–Crippen LogP) is 2.83. The molecule has 0 bridgehead atoms. The van der Waals surface area contributed by atoms with Crippen LogP contribution in [0, 0.1) is 11.8 Å². The largest absolute Gasteiger partial charge is 0.389 e.